The Kier molecular flexibility index (Phi) is 3.62. The Morgan fingerprint density at radius 2 is 2.28 bits per heavy atom. The lowest BCUT2D eigenvalue weighted by Crippen LogP contribution is -2.25. The first-order valence-electron chi connectivity index (χ1n) is 5.47. The van der Waals surface area contributed by atoms with Gasteiger partial charge in [-0.25, -0.2) is 0 Å². The molecule has 0 unspecified atom stereocenters. The SMILES string of the molecule is Cc1nn(C)c(C(=O)NCc2ccccn2)c1Cl. The van der Waals surface area contributed by atoms with Gasteiger partial charge in [0.15, 0.2) is 0 Å². The monoisotopic (exact) mass is 264 g/mol. The summed E-state index contributed by atoms with van der Waals surface area (Å²) < 4.78 is 1.48. The van der Waals surface area contributed by atoms with Crippen LogP contribution in [0.15, 0.2) is 24.4 Å². The molecule has 0 aliphatic carbocycles. The van der Waals surface area contributed by atoms with Crippen molar-refractivity contribution in [3.63, 3.8) is 0 Å². The third-order valence-electron chi connectivity index (χ3n) is 2.52. The molecule has 0 fully saturated rings. The fraction of sp³-hybridized carbons (Fsp3) is 0.250. The van der Waals surface area contributed by atoms with Crippen molar-refractivity contribution in [1.82, 2.24) is 20.1 Å². The van der Waals surface area contributed by atoms with E-state index in [0.29, 0.717) is 23.0 Å². The number of halogens is 1. The standard InChI is InChI=1S/C12H13ClN4O/c1-8-10(13)11(17(2)16-8)12(18)15-7-9-5-3-4-6-14-9/h3-6H,7H2,1-2H3,(H,15,18). The molecular formula is C12H13ClN4O. The summed E-state index contributed by atoms with van der Waals surface area (Å²) in [4.78, 5) is 16.1. The Bertz CT molecular complexity index is 565. The molecule has 0 spiro atoms. The lowest BCUT2D eigenvalue weighted by atomic mass is 10.3. The van der Waals surface area contributed by atoms with Crippen molar-refractivity contribution < 1.29 is 4.79 Å². The minimum atomic E-state index is -0.256. The highest BCUT2D eigenvalue weighted by molar-refractivity contribution is 6.34. The van der Waals surface area contributed by atoms with E-state index in [4.69, 9.17) is 11.6 Å². The van der Waals surface area contributed by atoms with Gasteiger partial charge >= 0.3 is 0 Å². The molecule has 2 heterocycles. The summed E-state index contributed by atoms with van der Waals surface area (Å²) in [5, 5.41) is 7.24. The van der Waals surface area contributed by atoms with Crippen molar-refractivity contribution in [2.24, 2.45) is 7.05 Å². The number of amides is 1. The molecule has 2 aromatic heterocycles. The average Bonchev–Trinajstić information content (AvgIpc) is 2.62. The van der Waals surface area contributed by atoms with Gasteiger partial charge in [0.25, 0.3) is 5.91 Å². The molecule has 0 aliphatic heterocycles. The average molecular weight is 265 g/mol. The third kappa shape index (κ3) is 2.51. The van der Waals surface area contributed by atoms with Gasteiger partial charge in [0, 0.05) is 13.2 Å². The van der Waals surface area contributed by atoms with E-state index >= 15 is 0 Å². The number of pyridine rings is 1. The molecule has 2 rings (SSSR count). The summed E-state index contributed by atoms with van der Waals surface area (Å²) in [6.45, 7) is 2.12. The van der Waals surface area contributed by atoms with Crippen molar-refractivity contribution in [2.75, 3.05) is 0 Å². The topological polar surface area (TPSA) is 59.8 Å². The summed E-state index contributed by atoms with van der Waals surface area (Å²) >= 11 is 6.03. The van der Waals surface area contributed by atoms with E-state index in [2.05, 4.69) is 15.4 Å². The smallest absolute Gasteiger partial charge is 0.271 e. The number of aromatic nitrogens is 3. The molecule has 0 saturated heterocycles. The maximum Gasteiger partial charge on any atom is 0.271 e. The van der Waals surface area contributed by atoms with Crippen LogP contribution in [0.5, 0.6) is 0 Å². The first-order valence-corrected chi connectivity index (χ1v) is 5.84. The van der Waals surface area contributed by atoms with Crippen LogP contribution in [0.2, 0.25) is 5.02 Å². The van der Waals surface area contributed by atoms with Gasteiger partial charge in [0.2, 0.25) is 0 Å². The van der Waals surface area contributed by atoms with Crippen LogP contribution in [0.3, 0.4) is 0 Å². The molecule has 18 heavy (non-hydrogen) atoms. The lowest BCUT2D eigenvalue weighted by molar-refractivity contribution is 0.0941. The Labute approximate surface area is 110 Å². The predicted molar refractivity (Wildman–Crippen MR) is 68.4 cm³/mol. The second-order valence-electron chi connectivity index (χ2n) is 3.88. The summed E-state index contributed by atoms with van der Waals surface area (Å²) in [5.74, 6) is -0.256. The molecule has 0 atom stereocenters. The van der Waals surface area contributed by atoms with Crippen LogP contribution in [0, 0.1) is 6.92 Å². The minimum Gasteiger partial charge on any atom is -0.345 e. The summed E-state index contributed by atoms with van der Waals surface area (Å²) in [6.07, 6.45) is 1.68. The zero-order valence-electron chi connectivity index (χ0n) is 10.1. The second-order valence-corrected chi connectivity index (χ2v) is 4.25. The summed E-state index contributed by atoms with van der Waals surface area (Å²) in [7, 11) is 1.69. The minimum absolute atomic E-state index is 0.256. The molecular weight excluding hydrogens is 252 g/mol. The van der Waals surface area contributed by atoms with Gasteiger partial charge in [-0.3, -0.25) is 14.5 Å². The Balaban J connectivity index is 2.09. The first kappa shape index (κ1) is 12.6. The van der Waals surface area contributed by atoms with Gasteiger partial charge in [-0.1, -0.05) is 17.7 Å². The van der Waals surface area contributed by atoms with Crippen LogP contribution < -0.4 is 5.32 Å². The van der Waals surface area contributed by atoms with E-state index in [1.807, 2.05) is 18.2 Å². The highest BCUT2D eigenvalue weighted by atomic mass is 35.5. The molecule has 0 bridgehead atoms. The first-order chi connectivity index (χ1) is 8.59. The van der Waals surface area contributed by atoms with E-state index in [9.17, 15) is 4.79 Å². The normalized spacial score (nSPS) is 10.4. The van der Waals surface area contributed by atoms with Crippen molar-refractivity contribution >= 4 is 17.5 Å². The van der Waals surface area contributed by atoms with Crippen LogP contribution in [-0.2, 0) is 13.6 Å². The molecule has 1 amide bonds. The van der Waals surface area contributed by atoms with Crippen molar-refractivity contribution in [2.45, 2.75) is 13.5 Å². The molecule has 0 radical (unpaired) electrons. The fourth-order valence-electron chi connectivity index (χ4n) is 1.64. The molecule has 6 heteroatoms. The van der Waals surface area contributed by atoms with Crippen LogP contribution in [0.25, 0.3) is 0 Å². The Morgan fingerprint density at radius 1 is 1.50 bits per heavy atom. The number of rotatable bonds is 3. The van der Waals surface area contributed by atoms with Crippen molar-refractivity contribution in [3.8, 4) is 0 Å². The zero-order valence-corrected chi connectivity index (χ0v) is 10.9. The van der Waals surface area contributed by atoms with Gasteiger partial charge in [0.1, 0.15) is 5.69 Å². The van der Waals surface area contributed by atoms with E-state index in [1.165, 1.54) is 4.68 Å². The highest BCUT2D eigenvalue weighted by Crippen LogP contribution is 2.19. The van der Waals surface area contributed by atoms with Crippen molar-refractivity contribution in [3.05, 3.63) is 46.5 Å². The largest absolute Gasteiger partial charge is 0.345 e. The number of hydrogen-bond donors (Lipinski definition) is 1. The Hall–Kier alpha value is -1.88. The maximum absolute atomic E-state index is 12.0. The number of aryl methyl sites for hydroxylation is 2. The molecule has 0 saturated carbocycles. The van der Waals surface area contributed by atoms with Crippen LogP contribution in [0.1, 0.15) is 21.9 Å². The van der Waals surface area contributed by atoms with E-state index in [0.717, 1.165) is 5.69 Å². The number of carbonyl (C=O) groups excluding carboxylic acids is 1. The quantitative estimate of drug-likeness (QED) is 0.918. The van der Waals surface area contributed by atoms with Crippen LogP contribution in [-0.4, -0.2) is 20.7 Å². The van der Waals surface area contributed by atoms with E-state index in [1.54, 1.807) is 20.2 Å². The third-order valence-corrected chi connectivity index (χ3v) is 2.97. The van der Waals surface area contributed by atoms with Gasteiger partial charge in [-0.05, 0) is 19.1 Å². The molecule has 0 aromatic carbocycles. The number of carbonyl (C=O) groups is 1. The summed E-state index contributed by atoms with van der Waals surface area (Å²) in [5.41, 5.74) is 1.80. The van der Waals surface area contributed by atoms with Gasteiger partial charge in [-0.15, -0.1) is 0 Å². The van der Waals surface area contributed by atoms with E-state index in [-0.39, 0.29) is 5.91 Å². The maximum atomic E-state index is 12.0. The molecule has 1 N–H and O–H groups in total. The second kappa shape index (κ2) is 5.18. The number of hydrogen-bond acceptors (Lipinski definition) is 3. The zero-order chi connectivity index (χ0) is 13.1. The Morgan fingerprint density at radius 3 is 2.83 bits per heavy atom. The molecule has 0 aliphatic rings. The van der Waals surface area contributed by atoms with Gasteiger partial charge in [0.05, 0.1) is 23.0 Å². The number of nitrogens with zero attached hydrogens (tertiary/aromatic N) is 3. The fourth-order valence-corrected chi connectivity index (χ4v) is 1.88. The highest BCUT2D eigenvalue weighted by Gasteiger charge is 2.18. The molecule has 94 valence electrons. The van der Waals surface area contributed by atoms with Crippen LogP contribution >= 0.6 is 11.6 Å². The van der Waals surface area contributed by atoms with Gasteiger partial charge < -0.3 is 5.32 Å². The van der Waals surface area contributed by atoms with Crippen LogP contribution in [0.4, 0.5) is 0 Å². The van der Waals surface area contributed by atoms with E-state index < -0.39 is 0 Å². The van der Waals surface area contributed by atoms with Gasteiger partial charge in [-0.2, -0.15) is 5.10 Å². The molecule has 5 nitrogen and oxygen atoms in total. The lowest BCUT2D eigenvalue weighted by Gasteiger charge is -2.05. The summed E-state index contributed by atoms with van der Waals surface area (Å²) in [6, 6.07) is 5.54. The number of nitrogens with one attached hydrogen (secondary N) is 1. The molecule has 2 aromatic rings. The predicted octanol–water partition coefficient (Wildman–Crippen LogP) is 1.71. The van der Waals surface area contributed by atoms with Crippen molar-refractivity contribution in [1.29, 1.82) is 0 Å².